The Labute approximate surface area is 134 Å². The van der Waals surface area contributed by atoms with E-state index in [0.29, 0.717) is 24.2 Å². The van der Waals surface area contributed by atoms with Gasteiger partial charge in [-0.15, -0.1) is 5.10 Å². The summed E-state index contributed by atoms with van der Waals surface area (Å²) in [4.78, 5) is 18.8. The summed E-state index contributed by atoms with van der Waals surface area (Å²) in [6.45, 7) is 5.03. The molecule has 1 saturated heterocycles. The van der Waals surface area contributed by atoms with Gasteiger partial charge >= 0.3 is 0 Å². The second kappa shape index (κ2) is 6.84. The number of likely N-dealkylation sites (tertiary alicyclic amines) is 1. The van der Waals surface area contributed by atoms with Crippen molar-refractivity contribution in [2.45, 2.75) is 52.1 Å². The second-order valence-corrected chi connectivity index (χ2v) is 6.25. The van der Waals surface area contributed by atoms with Gasteiger partial charge in [0.25, 0.3) is 0 Å². The van der Waals surface area contributed by atoms with Crippen LogP contribution in [0.25, 0.3) is 0 Å². The largest absolute Gasteiger partial charge is 0.337 e. The predicted molar refractivity (Wildman–Crippen MR) is 79.0 cm³/mol. The third kappa shape index (κ3) is 3.72. The van der Waals surface area contributed by atoms with Crippen LogP contribution in [0.15, 0.2) is 10.9 Å². The summed E-state index contributed by atoms with van der Waals surface area (Å²) < 4.78 is 6.84. The molecule has 1 fully saturated rings. The number of tetrazole rings is 1. The molecule has 0 aromatic carbocycles. The molecular weight excluding hydrogens is 298 g/mol. The first kappa shape index (κ1) is 15.6. The van der Waals surface area contributed by atoms with Crippen molar-refractivity contribution in [3.63, 3.8) is 0 Å². The molecule has 0 spiro atoms. The highest BCUT2D eigenvalue weighted by Gasteiger charge is 2.32. The van der Waals surface area contributed by atoms with Crippen LogP contribution in [0.1, 0.15) is 50.9 Å². The fraction of sp³-hybridized carbons (Fsp3) is 0.714. The molecule has 0 N–H and O–H groups in total. The summed E-state index contributed by atoms with van der Waals surface area (Å²) >= 11 is 0. The summed E-state index contributed by atoms with van der Waals surface area (Å²) in [5, 5.41) is 14.9. The first-order chi connectivity index (χ1) is 11.1. The maximum Gasteiger partial charge on any atom is 0.249 e. The van der Waals surface area contributed by atoms with E-state index in [1.165, 1.54) is 11.0 Å². The van der Waals surface area contributed by atoms with Crippen molar-refractivity contribution < 1.29 is 9.32 Å². The zero-order chi connectivity index (χ0) is 16.2. The first-order valence-electron chi connectivity index (χ1n) is 7.96. The number of aromatic nitrogens is 6. The van der Waals surface area contributed by atoms with E-state index in [1.807, 2.05) is 0 Å². The van der Waals surface area contributed by atoms with E-state index in [9.17, 15) is 4.79 Å². The molecule has 3 heterocycles. The Balaban J connectivity index is 1.73. The van der Waals surface area contributed by atoms with Gasteiger partial charge in [0.15, 0.2) is 5.82 Å². The topological polar surface area (TPSA) is 103 Å². The summed E-state index contributed by atoms with van der Waals surface area (Å²) in [7, 11) is 0. The average molecular weight is 319 g/mol. The van der Waals surface area contributed by atoms with Crippen molar-refractivity contribution >= 4 is 5.91 Å². The van der Waals surface area contributed by atoms with Crippen LogP contribution in [-0.2, 0) is 17.8 Å². The van der Waals surface area contributed by atoms with Gasteiger partial charge < -0.3 is 9.42 Å². The van der Waals surface area contributed by atoms with Crippen molar-refractivity contribution in [2.75, 3.05) is 6.54 Å². The Bertz CT molecular complexity index is 637. The first-order valence-corrected chi connectivity index (χ1v) is 7.96. The molecule has 2 aromatic heterocycles. The number of amides is 1. The van der Waals surface area contributed by atoms with Crippen LogP contribution in [0.5, 0.6) is 0 Å². The molecule has 1 aliphatic rings. The van der Waals surface area contributed by atoms with Gasteiger partial charge in [0.05, 0.1) is 0 Å². The second-order valence-electron chi connectivity index (χ2n) is 6.25. The van der Waals surface area contributed by atoms with Crippen molar-refractivity contribution in [3.8, 4) is 0 Å². The normalized spacial score (nSPS) is 18.6. The highest BCUT2D eigenvalue weighted by atomic mass is 16.5. The quantitative estimate of drug-likeness (QED) is 0.810. The number of nitrogens with zero attached hydrogens (tertiary/aromatic N) is 7. The van der Waals surface area contributed by atoms with Gasteiger partial charge in [-0.2, -0.15) is 4.98 Å². The Morgan fingerprint density at radius 2 is 2.30 bits per heavy atom. The molecule has 9 heteroatoms. The fourth-order valence-electron chi connectivity index (χ4n) is 2.82. The Morgan fingerprint density at radius 3 is 3.04 bits per heavy atom. The van der Waals surface area contributed by atoms with Crippen LogP contribution < -0.4 is 0 Å². The van der Waals surface area contributed by atoms with Gasteiger partial charge in [-0.3, -0.25) is 4.79 Å². The van der Waals surface area contributed by atoms with Crippen LogP contribution in [0.3, 0.4) is 0 Å². The Morgan fingerprint density at radius 1 is 1.43 bits per heavy atom. The number of piperidine rings is 1. The summed E-state index contributed by atoms with van der Waals surface area (Å²) in [5.74, 6) is 1.66. The smallest absolute Gasteiger partial charge is 0.249 e. The van der Waals surface area contributed by atoms with E-state index in [2.05, 4.69) is 39.5 Å². The minimum atomic E-state index is -0.152. The lowest BCUT2D eigenvalue weighted by atomic mass is 10.0. The van der Waals surface area contributed by atoms with E-state index < -0.39 is 0 Å². The van der Waals surface area contributed by atoms with Gasteiger partial charge in [0.2, 0.25) is 11.8 Å². The van der Waals surface area contributed by atoms with Crippen LogP contribution in [-0.4, -0.2) is 47.7 Å². The predicted octanol–water partition coefficient (Wildman–Crippen LogP) is 1.01. The van der Waals surface area contributed by atoms with E-state index >= 15 is 0 Å². The lowest BCUT2D eigenvalue weighted by Gasteiger charge is -2.33. The Hall–Kier alpha value is -2.32. The lowest BCUT2D eigenvalue weighted by Crippen LogP contribution is -2.40. The minimum absolute atomic E-state index is 0.0365. The highest BCUT2D eigenvalue weighted by Crippen LogP contribution is 2.30. The standard InChI is InChI=1S/C14H21N7O2/c1-10(2)7-12-16-14(23-17-12)11-5-3-4-6-21(11)13(22)8-20-9-15-18-19-20/h9-11H,3-8H2,1-2H3. The number of carbonyl (C=O) groups is 1. The summed E-state index contributed by atoms with van der Waals surface area (Å²) in [6, 6.07) is -0.152. The molecule has 9 nitrogen and oxygen atoms in total. The van der Waals surface area contributed by atoms with E-state index in [-0.39, 0.29) is 18.5 Å². The van der Waals surface area contributed by atoms with Crippen LogP contribution in [0.4, 0.5) is 0 Å². The average Bonchev–Trinajstić information content (AvgIpc) is 3.18. The molecular formula is C14H21N7O2. The maximum absolute atomic E-state index is 12.6. The SMILES string of the molecule is CC(C)Cc1noc(C2CCCCN2C(=O)Cn2cnnn2)n1. The van der Waals surface area contributed by atoms with Gasteiger partial charge in [-0.1, -0.05) is 19.0 Å². The van der Waals surface area contributed by atoms with E-state index in [4.69, 9.17) is 4.52 Å². The summed E-state index contributed by atoms with van der Waals surface area (Å²) in [6.07, 6.45) is 5.07. The monoisotopic (exact) mass is 319 g/mol. The number of hydrogen-bond donors (Lipinski definition) is 0. The third-order valence-corrected chi connectivity index (χ3v) is 3.87. The van der Waals surface area contributed by atoms with Gasteiger partial charge in [-0.25, -0.2) is 4.68 Å². The molecule has 0 radical (unpaired) electrons. The van der Waals surface area contributed by atoms with Crippen molar-refractivity contribution in [1.82, 2.24) is 35.2 Å². The number of carbonyl (C=O) groups excluding carboxylic acids is 1. The molecule has 1 amide bonds. The Kier molecular flexibility index (Phi) is 4.63. The molecule has 0 saturated carbocycles. The molecule has 1 aliphatic heterocycles. The molecule has 23 heavy (non-hydrogen) atoms. The van der Waals surface area contributed by atoms with Crippen LogP contribution >= 0.6 is 0 Å². The fourth-order valence-corrected chi connectivity index (χ4v) is 2.82. The van der Waals surface area contributed by atoms with Gasteiger partial charge in [0, 0.05) is 13.0 Å². The zero-order valence-corrected chi connectivity index (χ0v) is 13.4. The molecule has 0 bridgehead atoms. The molecule has 1 unspecified atom stereocenters. The molecule has 1 atom stereocenters. The molecule has 2 aromatic rings. The maximum atomic E-state index is 12.6. The molecule has 0 aliphatic carbocycles. The minimum Gasteiger partial charge on any atom is -0.337 e. The molecule has 3 rings (SSSR count). The highest BCUT2D eigenvalue weighted by molar-refractivity contribution is 5.76. The van der Waals surface area contributed by atoms with Gasteiger partial charge in [0.1, 0.15) is 18.9 Å². The van der Waals surface area contributed by atoms with Crippen molar-refractivity contribution in [3.05, 3.63) is 18.0 Å². The summed E-state index contributed by atoms with van der Waals surface area (Å²) in [5.41, 5.74) is 0. The zero-order valence-electron chi connectivity index (χ0n) is 13.4. The van der Waals surface area contributed by atoms with Crippen LogP contribution in [0.2, 0.25) is 0 Å². The van der Waals surface area contributed by atoms with E-state index in [1.54, 1.807) is 4.90 Å². The van der Waals surface area contributed by atoms with Crippen LogP contribution in [0, 0.1) is 5.92 Å². The van der Waals surface area contributed by atoms with Crippen molar-refractivity contribution in [1.29, 1.82) is 0 Å². The lowest BCUT2D eigenvalue weighted by molar-refractivity contribution is -0.136. The van der Waals surface area contributed by atoms with Crippen molar-refractivity contribution in [2.24, 2.45) is 5.92 Å². The van der Waals surface area contributed by atoms with Gasteiger partial charge in [-0.05, 0) is 35.6 Å². The third-order valence-electron chi connectivity index (χ3n) is 3.87. The molecule has 124 valence electrons. The number of hydrogen-bond acceptors (Lipinski definition) is 7. The van der Waals surface area contributed by atoms with E-state index in [0.717, 1.165) is 25.7 Å². The number of rotatable bonds is 5.